The minimum absolute atomic E-state index is 0.0708. The van der Waals surface area contributed by atoms with Crippen molar-refractivity contribution in [2.24, 2.45) is 0 Å². The molecule has 3 heteroatoms. The topological polar surface area (TPSA) is 53.0 Å². The van der Waals surface area contributed by atoms with Crippen LogP contribution < -0.4 is 0 Å². The normalized spacial score (nSPS) is 20.2. The lowest BCUT2D eigenvalue weighted by molar-refractivity contribution is -0.0496. The molecule has 2 atom stereocenters. The van der Waals surface area contributed by atoms with Gasteiger partial charge in [0.05, 0.1) is 11.2 Å². The first-order valence-electron chi connectivity index (χ1n) is 7.90. The predicted molar refractivity (Wildman–Crippen MR) is 92.0 cm³/mol. The molecule has 2 N–H and O–H groups in total. The van der Waals surface area contributed by atoms with E-state index in [0.29, 0.717) is 6.10 Å². The summed E-state index contributed by atoms with van der Waals surface area (Å²) in [5.41, 5.74) is 1.02. The van der Waals surface area contributed by atoms with Gasteiger partial charge in [0, 0.05) is 0 Å². The highest BCUT2D eigenvalue weighted by atomic mass is 16.6. The van der Waals surface area contributed by atoms with Gasteiger partial charge in [-0.25, -0.2) is 0 Å². The minimum atomic E-state index is -1.08. The molecule has 3 nitrogen and oxygen atoms in total. The average Bonchev–Trinajstić information content (AvgIpc) is 3.17. The van der Waals surface area contributed by atoms with Crippen LogP contribution >= 0.6 is 0 Å². The third-order valence-corrected chi connectivity index (χ3v) is 3.88. The molecular weight excluding hydrogens is 288 g/mol. The molecule has 2 aromatic rings. The zero-order chi connectivity index (χ0) is 17.1. The van der Waals surface area contributed by atoms with Crippen LogP contribution in [-0.2, 0) is 4.74 Å². The highest BCUT2D eigenvalue weighted by Crippen LogP contribution is 2.48. The van der Waals surface area contributed by atoms with E-state index in [1.165, 1.54) is 5.56 Å². The van der Waals surface area contributed by atoms with Gasteiger partial charge in [0.25, 0.3) is 0 Å². The number of ether oxygens (including phenoxy) is 1. The molecule has 1 saturated heterocycles. The van der Waals surface area contributed by atoms with Crippen molar-refractivity contribution in [2.45, 2.75) is 51.1 Å². The first kappa shape index (κ1) is 17.7. The van der Waals surface area contributed by atoms with Crippen LogP contribution in [0.15, 0.2) is 60.7 Å². The molecule has 3 rings (SSSR count). The van der Waals surface area contributed by atoms with Crippen LogP contribution in [0.4, 0.5) is 0 Å². The molecular formula is C20H26O3. The Labute approximate surface area is 138 Å². The summed E-state index contributed by atoms with van der Waals surface area (Å²) < 4.78 is 5.49. The fraction of sp³-hybridized carbons (Fsp3) is 0.400. The number of epoxide rings is 1. The third-order valence-electron chi connectivity index (χ3n) is 3.88. The summed E-state index contributed by atoms with van der Waals surface area (Å²) >= 11 is 0. The van der Waals surface area contributed by atoms with Crippen molar-refractivity contribution in [3.8, 4) is 0 Å². The van der Waals surface area contributed by atoms with E-state index in [1.807, 2.05) is 36.4 Å². The van der Waals surface area contributed by atoms with Crippen LogP contribution in [0, 0.1) is 0 Å². The van der Waals surface area contributed by atoms with Crippen molar-refractivity contribution >= 4 is 0 Å². The van der Waals surface area contributed by atoms with Crippen LogP contribution in [0.2, 0.25) is 0 Å². The second kappa shape index (κ2) is 6.83. The van der Waals surface area contributed by atoms with E-state index >= 15 is 0 Å². The molecule has 0 amide bonds. The summed E-state index contributed by atoms with van der Waals surface area (Å²) in [5, 5.41) is 19.1. The Morgan fingerprint density at radius 2 is 1.39 bits per heavy atom. The molecule has 1 aliphatic rings. The largest absolute Gasteiger partial charge is 0.387 e. The van der Waals surface area contributed by atoms with Crippen LogP contribution in [0.1, 0.15) is 51.0 Å². The second-order valence-electron chi connectivity index (χ2n) is 6.98. The molecule has 0 radical (unpaired) electrons. The molecule has 0 spiro atoms. The number of benzene rings is 2. The Morgan fingerprint density at radius 1 is 0.957 bits per heavy atom. The number of aliphatic hydroxyl groups is 2. The first-order valence-corrected chi connectivity index (χ1v) is 7.90. The molecule has 124 valence electrons. The van der Waals surface area contributed by atoms with Crippen molar-refractivity contribution in [3.05, 3.63) is 71.8 Å². The first-order chi connectivity index (χ1) is 10.7. The molecule has 0 aromatic heterocycles. The van der Waals surface area contributed by atoms with Gasteiger partial charge in [-0.15, -0.1) is 0 Å². The Kier molecular flexibility index (Phi) is 5.25. The van der Waals surface area contributed by atoms with Crippen molar-refractivity contribution in [3.63, 3.8) is 0 Å². The SMILES string of the molecule is CC(C)(O)C(O)c1ccccc1.CC1(C)OC1c1ccccc1. The fourth-order valence-electron chi connectivity index (χ4n) is 2.41. The van der Waals surface area contributed by atoms with Gasteiger partial charge in [0.15, 0.2) is 0 Å². The Hall–Kier alpha value is -1.68. The second-order valence-corrected chi connectivity index (χ2v) is 6.98. The predicted octanol–water partition coefficient (Wildman–Crippen LogP) is 4.03. The average molecular weight is 314 g/mol. The molecule has 1 fully saturated rings. The van der Waals surface area contributed by atoms with Gasteiger partial charge in [0.1, 0.15) is 12.2 Å². The lowest BCUT2D eigenvalue weighted by atomic mass is 9.95. The summed E-state index contributed by atoms with van der Waals surface area (Å²) in [6.45, 7) is 7.41. The van der Waals surface area contributed by atoms with Crippen molar-refractivity contribution in [2.75, 3.05) is 0 Å². The standard InChI is InChI=1S/C10H14O2.C10H12O/c1-10(2,12)9(11)8-6-4-3-5-7-8;1-10(2)9(11-10)8-6-4-3-5-7-8/h3-7,9,11-12H,1-2H3;3-7,9H,1-2H3. The van der Waals surface area contributed by atoms with Crippen LogP contribution in [0.3, 0.4) is 0 Å². The van der Waals surface area contributed by atoms with Gasteiger partial charge in [-0.3, -0.25) is 0 Å². The molecule has 1 heterocycles. The highest BCUT2D eigenvalue weighted by Gasteiger charge is 2.48. The maximum Gasteiger partial charge on any atom is 0.112 e. The van der Waals surface area contributed by atoms with Gasteiger partial charge in [-0.05, 0) is 38.8 Å². The minimum Gasteiger partial charge on any atom is -0.387 e. The van der Waals surface area contributed by atoms with Gasteiger partial charge < -0.3 is 14.9 Å². The molecule has 1 aliphatic heterocycles. The number of rotatable bonds is 3. The van der Waals surface area contributed by atoms with Gasteiger partial charge in [0.2, 0.25) is 0 Å². The third kappa shape index (κ3) is 4.90. The summed E-state index contributed by atoms with van der Waals surface area (Å²) in [6.07, 6.45) is -0.498. The van der Waals surface area contributed by atoms with Crippen molar-refractivity contribution in [1.29, 1.82) is 0 Å². The number of hydrogen-bond acceptors (Lipinski definition) is 3. The zero-order valence-electron chi connectivity index (χ0n) is 14.2. The van der Waals surface area contributed by atoms with Gasteiger partial charge in [-0.2, -0.15) is 0 Å². The smallest absolute Gasteiger partial charge is 0.112 e. The van der Waals surface area contributed by atoms with Crippen LogP contribution in [0.25, 0.3) is 0 Å². The Bertz CT molecular complexity index is 600. The lowest BCUT2D eigenvalue weighted by Gasteiger charge is -2.24. The molecule has 0 aliphatic carbocycles. The summed E-state index contributed by atoms with van der Waals surface area (Å²) in [4.78, 5) is 0. The quantitative estimate of drug-likeness (QED) is 0.841. The van der Waals surface area contributed by atoms with Crippen LogP contribution in [0.5, 0.6) is 0 Å². The maximum absolute atomic E-state index is 9.61. The van der Waals surface area contributed by atoms with Crippen molar-refractivity contribution in [1.82, 2.24) is 0 Å². The molecule has 23 heavy (non-hydrogen) atoms. The molecule has 0 bridgehead atoms. The monoisotopic (exact) mass is 314 g/mol. The highest BCUT2D eigenvalue weighted by molar-refractivity contribution is 5.24. The van der Waals surface area contributed by atoms with E-state index in [4.69, 9.17) is 4.74 Å². The van der Waals surface area contributed by atoms with E-state index in [9.17, 15) is 10.2 Å². The van der Waals surface area contributed by atoms with Crippen LogP contribution in [-0.4, -0.2) is 21.4 Å². The van der Waals surface area contributed by atoms with E-state index in [2.05, 4.69) is 26.0 Å². The lowest BCUT2D eigenvalue weighted by Crippen LogP contribution is -2.28. The van der Waals surface area contributed by atoms with E-state index in [-0.39, 0.29) is 5.60 Å². The summed E-state index contributed by atoms with van der Waals surface area (Å²) in [7, 11) is 0. The summed E-state index contributed by atoms with van der Waals surface area (Å²) in [6, 6.07) is 19.5. The molecule has 2 aromatic carbocycles. The van der Waals surface area contributed by atoms with Gasteiger partial charge >= 0.3 is 0 Å². The molecule has 0 saturated carbocycles. The van der Waals surface area contributed by atoms with E-state index < -0.39 is 11.7 Å². The number of hydrogen-bond donors (Lipinski definition) is 2. The number of aliphatic hydroxyl groups excluding tert-OH is 1. The zero-order valence-corrected chi connectivity index (χ0v) is 14.2. The Morgan fingerprint density at radius 3 is 1.78 bits per heavy atom. The molecule has 2 unspecified atom stereocenters. The summed E-state index contributed by atoms with van der Waals surface area (Å²) in [5.74, 6) is 0. The van der Waals surface area contributed by atoms with Crippen molar-refractivity contribution < 1.29 is 14.9 Å². The maximum atomic E-state index is 9.61. The fourth-order valence-corrected chi connectivity index (χ4v) is 2.41. The van der Waals surface area contributed by atoms with E-state index in [0.717, 1.165) is 5.56 Å². The Balaban J connectivity index is 0.000000167. The van der Waals surface area contributed by atoms with Gasteiger partial charge in [-0.1, -0.05) is 60.7 Å². The van der Waals surface area contributed by atoms with E-state index in [1.54, 1.807) is 26.0 Å².